The largest absolute Gasteiger partial charge is 0.496 e. The number of para-hydroxylation sites is 1. The number of benzene rings is 3. The van der Waals surface area contributed by atoms with E-state index in [-0.39, 0.29) is 0 Å². The van der Waals surface area contributed by atoms with Crippen molar-refractivity contribution in [1.29, 1.82) is 0 Å². The Labute approximate surface area is 204 Å². The molecule has 3 aromatic carbocycles. The summed E-state index contributed by atoms with van der Waals surface area (Å²) in [5.41, 5.74) is 4.12. The van der Waals surface area contributed by atoms with Crippen LogP contribution in [-0.2, 0) is 6.54 Å². The maximum Gasteiger partial charge on any atom is 0.123 e. The number of fused-ring (bicyclic) bond motifs is 1. The molecule has 3 aromatic rings. The summed E-state index contributed by atoms with van der Waals surface area (Å²) in [5, 5.41) is 4.08. The predicted octanol–water partition coefficient (Wildman–Crippen LogP) is 6.00. The topological polar surface area (TPSA) is 24.5 Å². The van der Waals surface area contributed by atoms with E-state index in [1.54, 1.807) is 7.11 Å². The molecule has 176 valence electrons. The Hall–Kier alpha value is -2.62. The van der Waals surface area contributed by atoms with E-state index in [2.05, 4.69) is 95.1 Å². The summed E-state index contributed by atoms with van der Waals surface area (Å²) in [7, 11) is 1.78. The number of ether oxygens (including phenoxy) is 1. The fourth-order valence-corrected chi connectivity index (χ4v) is 7.36. The van der Waals surface area contributed by atoms with Crippen molar-refractivity contribution in [3.63, 3.8) is 0 Å². The standard InChI is InChI=1S/C31H36N2O/c1-34-28-18-9-8-15-24(28)21-32-30-25-19-26-16-10-17-27(20-25)33(26)31(30)29(22-11-4-2-5-12-22)23-13-6-3-7-14-23/h2-9,11-15,18,25-27,29-32H,10,16-17,19-21H2,1H3/t25?,26?,27?,30-,31-/m1/s1. The van der Waals surface area contributed by atoms with Gasteiger partial charge in [-0.05, 0) is 48.8 Å². The van der Waals surface area contributed by atoms with Crippen LogP contribution < -0.4 is 10.1 Å². The lowest BCUT2D eigenvalue weighted by Crippen LogP contribution is -2.71. The molecule has 0 radical (unpaired) electrons. The van der Waals surface area contributed by atoms with Crippen molar-refractivity contribution in [2.24, 2.45) is 5.92 Å². The average Bonchev–Trinajstić information content (AvgIpc) is 2.89. The number of rotatable bonds is 7. The molecule has 3 heteroatoms. The van der Waals surface area contributed by atoms with Gasteiger partial charge in [0.25, 0.3) is 0 Å². The van der Waals surface area contributed by atoms with Gasteiger partial charge in [0.15, 0.2) is 0 Å². The minimum atomic E-state index is 0.365. The average molecular weight is 453 g/mol. The predicted molar refractivity (Wildman–Crippen MR) is 138 cm³/mol. The lowest BCUT2D eigenvalue weighted by molar-refractivity contribution is -0.101. The normalized spacial score (nSPS) is 29.8. The number of hydrogen-bond acceptors (Lipinski definition) is 3. The van der Waals surface area contributed by atoms with Crippen molar-refractivity contribution in [1.82, 2.24) is 10.2 Å². The molecular weight excluding hydrogens is 416 g/mol. The minimum absolute atomic E-state index is 0.365. The highest BCUT2D eigenvalue weighted by Crippen LogP contribution is 2.50. The van der Waals surface area contributed by atoms with Crippen molar-refractivity contribution in [3.05, 3.63) is 102 Å². The molecule has 0 saturated carbocycles. The van der Waals surface area contributed by atoms with E-state index < -0.39 is 0 Å². The highest BCUT2D eigenvalue weighted by atomic mass is 16.5. The van der Waals surface area contributed by atoms with E-state index in [1.165, 1.54) is 48.8 Å². The first-order chi connectivity index (χ1) is 16.8. The quantitative estimate of drug-likeness (QED) is 0.476. The Morgan fingerprint density at radius 2 is 1.41 bits per heavy atom. The Morgan fingerprint density at radius 1 is 0.824 bits per heavy atom. The summed E-state index contributed by atoms with van der Waals surface area (Å²) in [5.74, 6) is 2.08. The molecule has 4 heterocycles. The monoisotopic (exact) mass is 452 g/mol. The molecule has 0 aliphatic carbocycles. The van der Waals surface area contributed by atoms with Gasteiger partial charge in [0.05, 0.1) is 7.11 Å². The van der Waals surface area contributed by atoms with Gasteiger partial charge in [-0.3, -0.25) is 4.90 Å². The fourth-order valence-electron chi connectivity index (χ4n) is 7.36. The van der Waals surface area contributed by atoms with Crippen LogP contribution in [0.25, 0.3) is 0 Å². The van der Waals surface area contributed by atoms with E-state index in [9.17, 15) is 0 Å². The lowest BCUT2D eigenvalue weighted by atomic mass is 9.63. The van der Waals surface area contributed by atoms with Gasteiger partial charge in [0, 0.05) is 42.2 Å². The Morgan fingerprint density at radius 3 is 2.03 bits per heavy atom. The van der Waals surface area contributed by atoms with Gasteiger partial charge in [-0.25, -0.2) is 0 Å². The molecule has 2 unspecified atom stereocenters. The first-order valence-electron chi connectivity index (χ1n) is 13.1. The second kappa shape index (κ2) is 9.56. The second-order valence-electron chi connectivity index (χ2n) is 10.4. The number of nitrogens with one attached hydrogen (secondary N) is 1. The minimum Gasteiger partial charge on any atom is -0.496 e. The van der Waals surface area contributed by atoms with Crippen LogP contribution in [0.1, 0.15) is 54.7 Å². The second-order valence-corrected chi connectivity index (χ2v) is 10.4. The zero-order valence-corrected chi connectivity index (χ0v) is 20.1. The van der Waals surface area contributed by atoms with Gasteiger partial charge < -0.3 is 10.1 Å². The third-order valence-corrected chi connectivity index (χ3v) is 8.67. The molecule has 4 fully saturated rings. The molecule has 4 aliphatic rings. The molecule has 3 nitrogen and oxygen atoms in total. The molecule has 7 rings (SSSR count). The van der Waals surface area contributed by atoms with Crippen LogP contribution in [0.4, 0.5) is 0 Å². The Kier molecular flexibility index (Phi) is 6.15. The molecular formula is C31H36N2O. The molecule has 4 aliphatic heterocycles. The van der Waals surface area contributed by atoms with E-state index >= 15 is 0 Å². The van der Waals surface area contributed by atoms with Gasteiger partial charge in [-0.2, -0.15) is 0 Å². The van der Waals surface area contributed by atoms with Gasteiger partial charge in [0.2, 0.25) is 0 Å². The van der Waals surface area contributed by atoms with Crippen molar-refractivity contribution in [2.45, 2.75) is 68.7 Å². The number of piperidine rings is 4. The Balaban J connectivity index is 1.40. The number of hydrogen-bond donors (Lipinski definition) is 1. The van der Waals surface area contributed by atoms with E-state index in [0.29, 0.717) is 18.0 Å². The summed E-state index contributed by atoms with van der Waals surface area (Å²) in [6, 6.07) is 33.3. The van der Waals surface area contributed by atoms with Gasteiger partial charge in [-0.15, -0.1) is 0 Å². The summed E-state index contributed by atoms with van der Waals surface area (Å²) in [4.78, 5) is 2.97. The van der Waals surface area contributed by atoms with Crippen LogP contribution in [0.3, 0.4) is 0 Å². The molecule has 1 N–H and O–H groups in total. The van der Waals surface area contributed by atoms with Crippen molar-refractivity contribution >= 4 is 0 Å². The maximum absolute atomic E-state index is 5.67. The number of nitrogens with zero attached hydrogens (tertiary/aromatic N) is 1. The highest BCUT2D eigenvalue weighted by molar-refractivity contribution is 5.37. The third kappa shape index (κ3) is 3.95. The summed E-state index contributed by atoms with van der Waals surface area (Å²) in [6.07, 6.45) is 6.80. The molecule has 4 saturated heterocycles. The summed E-state index contributed by atoms with van der Waals surface area (Å²) in [6.45, 7) is 0.848. The van der Waals surface area contributed by atoms with Crippen LogP contribution in [0.15, 0.2) is 84.9 Å². The van der Waals surface area contributed by atoms with Crippen molar-refractivity contribution in [2.75, 3.05) is 7.11 Å². The van der Waals surface area contributed by atoms with Gasteiger partial charge in [-0.1, -0.05) is 85.3 Å². The first kappa shape index (κ1) is 21.9. The smallest absolute Gasteiger partial charge is 0.123 e. The van der Waals surface area contributed by atoms with Gasteiger partial charge in [0.1, 0.15) is 5.75 Å². The van der Waals surface area contributed by atoms with Crippen molar-refractivity contribution < 1.29 is 4.74 Å². The van der Waals surface area contributed by atoms with Crippen LogP contribution in [0.2, 0.25) is 0 Å². The zero-order chi connectivity index (χ0) is 22.9. The van der Waals surface area contributed by atoms with Crippen LogP contribution in [-0.4, -0.2) is 36.2 Å². The SMILES string of the molecule is COc1ccccc1CN[C@@H]1C2CC3CCCC(C2)N3[C@@H]1C(c1ccccc1)c1ccccc1. The molecule has 4 bridgehead atoms. The van der Waals surface area contributed by atoms with Crippen LogP contribution >= 0.6 is 0 Å². The first-order valence-corrected chi connectivity index (χ1v) is 13.1. The lowest BCUT2D eigenvalue weighted by Gasteiger charge is -2.63. The van der Waals surface area contributed by atoms with E-state index in [1.807, 2.05) is 0 Å². The van der Waals surface area contributed by atoms with E-state index in [0.717, 1.165) is 30.3 Å². The molecule has 0 amide bonds. The van der Waals surface area contributed by atoms with Crippen LogP contribution in [0, 0.1) is 5.92 Å². The molecule has 0 aromatic heterocycles. The van der Waals surface area contributed by atoms with Crippen molar-refractivity contribution in [3.8, 4) is 5.75 Å². The summed E-state index contributed by atoms with van der Waals surface area (Å²) >= 11 is 0. The maximum atomic E-state index is 5.67. The highest BCUT2D eigenvalue weighted by Gasteiger charge is 2.54. The van der Waals surface area contributed by atoms with Gasteiger partial charge >= 0.3 is 0 Å². The molecule has 0 spiro atoms. The van der Waals surface area contributed by atoms with E-state index in [4.69, 9.17) is 4.74 Å². The summed E-state index contributed by atoms with van der Waals surface area (Å²) < 4.78 is 5.67. The third-order valence-electron chi connectivity index (χ3n) is 8.67. The Bertz CT molecular complexity index is 1030. The zero-order valence-electron chi connectivity index (χ0n) is 20.1. The van der Waals surface area contributed by atoms with Crippen LogP contribution in [0.5, 0.6) is 5.75 Å². The molecule has 4 atom stereocenters. The molecule has 34 heavy (non-hydrogen) atoms. The number of methoxy groups -OCH3 is 1. The fraction of sp³-hybridized carbons (Fsp3) is 0.419.